The number of carbonyl (C=O) groups is 1. The van der Waals surface area contributed by atoms with Crippen LogP contribution in [0.2, 0.25) is 0 Å². The summed E-state index contributed by atoms with van der Waals surface area (Å²) in [6.07, 6.45) is 0.124. The lowest BCUT2D eigenvalue weighted by atomic mass is 10.2. The van der Waals surface area contributed by atoms with Gasteiger partial charge in [-0.1, -0.05) is 18.2 Å². The van der Waals surface area contributed by atoms with Crippen LogP contribution in [0.1, 0.15) is 30.2 Å². The Labute approximate surface area is 158 Å². The average molecular weight is 362 g/mol. The van der Waals surface area contributed by atoms with E-state index in [9.17, 15) is 4.79 Å². The summed E-state index contributed by atoms with van der Waals surface area (Å²) in [5, 5.41) is 6.03. The van der Waals surface area contributed by atoms with Crippen LogP contribution in [0.3, 0.4) is 0 Å². The van der Waals surface area contributed by atoms with Gasteiger partial charge in [-0.2, -0.15) is 0 Å². The quantitative estimate of drug-likeness (QED) is 0.672. The van der Waals surface area contributed by atoms with Crippen LogP contribution in [0.25, 0.3) is 0 Å². The molecule has 0 aliphatic heterocycles. The van der Waals surface area contributed by atoms with Crippen LogP contribution < -0.4 is 15.4 Å². The summed E-state index contributed by atoms with van der Waals surface area (Å²) in [5.74, 6) is 1.59. The Kier molecular flexibility index (Phi) is 5.66. The lowest BCUT2D eigenvalue weighted by Crippen LogP contribution is -2.15. The summed E-state index contributed by atoms with van der Waals surface area (Å²) >= 11 is 0. The highest BCUT2D eigenvalue weighted by Gasteiger charge is 2.11. The smallest absolute Gasteiger partial charge is 0.274 e. The van der Waals surface area contributed by atoms with Gasteiger partial charge in [0.25, 0.3) is 5.91 Å². The number of ether oxygens (including phenoxy) is 1. The molecule has 1 aromatic heterocycles. The minimum absolute atomic E-state index is 0.124. The normalized spacial score (nSPS) is 10.5. The van der Waals surface area contributed by atoms with Gasteiger partial charge in [-0.25, -0.2) is 9.97 Å². The maximum atomic E-state index is 12.5. The number of aromatic nitrogens is 2. The fraction of sp³-hybridized carbons (Fsp3) is 0.190. The van der Waals surface area contributed by atoms with Gasteiger partial charge in [-0.3, -0.25) is 4.79 Å². The number of aryl methyl sites for hydroxylation is 1. The van der Waals surface area contributed by atoms with Crippen molar-refractivity contribution in [3.05, 3.63) is 72.2 Å². The minimum Gasteiger partial charge on any atom is -0.491 e. The highest BCUT2D eigenvalue weighted by atomic mass is 16.5. The van der Waals surface area contributed by atoms with Crippen LogP contribution in [0.5, 0.6) is 5.75 Å². The zero-order valence-corrected chi connectivity index (χ0v) is 15.6. The topological polar surface area (TPSA) is 76.1 Å². The van der Waals surface area contributed by atoms with Crippen molar-refractivity contribution in [1.29, 1.82) is 0 Å². The zero-order chi connectivity index (χ0) is 19.2. The molecule has 1 amide bonds. The first-order valence-corrected chi connectivity index (χ1v) is 8.75. The van der Waals surface area contributed by atoms with E-state index >= 15 is 0 Å². The van der Waals surface area contributed by atoms with Crippen LogP contribution >= 0.6 is 0 Å². The molecule has 0 bridgehead atoms. The van der Waals surface area contributed by atoms with E-state index in [0.29, 0.717) is 23.0 Å². The fourth-order valence-corrected chi connectivity index (χ4v) is 2.50. The minimum atomic E-state index is -0.282. The van der Waals surface area contributed by atoms with Crippen molar-refractivity contribution in [2.45, 2.75) is 26.9 Å². The maximum Gasteiger partial charge on any atom is 0.274 e. The number of amides is 1. The summed E-state index contributed by atoms with van der Waals surface area (Å²) in [7, 11) is 0. The zero-order valence-electron chi connectivity index (χ0n) is 15.6. The Morgan fingerprint density at radius 3 is 2.33 bits per heavy atom. The first kappa shape index (κ1) is 18.4. The first-order chi connectivity index (χ1) is 13.0. The number of nitrogens with one attached hydrogen (secondary N) is 2. The number of para-hydroxylation sites is 1. The Balaban J connectivity index is 1.74. The van der Waals surface area contributed by atoms with Crippen LogP contribution in [-0.2, 0) is 0 Å². The third-order valence-corrected chi connectivity index (χ3v) is 3.60. The number of benzene rings is 2. The average Bonchev–Trinajstić information content (AvgIpc) is 2.63. The fourth-order valence-electron chi connectivity index (χ4n) is 2.50. The van der Waals surface area contributed by atoms with Gasteiger partial charge in [-0.05, 0) is 57.2 Å². The van der Waals surface area contributed by atoms with E-state index in [2.05, 4.69) is 20.6 Å². The first-order valence-electron chi connectivity index (χ1n) is 8.75. The molecule has 138 valence electrons. The van der Waals surface area contributed by atoms with E-state index in [4.69, 9.17) is 4.74 Å². The van der Waals surface area contributed by atoms with E-state index in [1.54, 1.807) is 13.0 Å². The molecule has 0 saturated carbocycles. The largest absolute Gasteiger partial charge is 0.491 e. The van der Waals surface area contributed by atoms with Gasteiger partial charge in [0.15, 0.2) is 0 Å². The summed E-state index contributed by atoms with van der Waals surface area (Å²) in [6.45, 7) is 5.72. The predicted molar refractivity (Wildman–Crippen MR) is 107 cm³/mol. The molecular weight excluding hydrogens is 340 g/mol. The lowest BCUT2D eigenvalue weighted by molar-refractivity contribution is 0.102. The number of hydrogen-bond donors (Lipinski definition) is 2. The van der Waals surface area contributed by atoms with Crippen molar-refractivity contribution in [3.8, 4) is 5.75 Å². The highest BCUT2D eigenvalue weighted by molar-refractivity contribution is 6.03. The Morgan fingerprint density at radius 1 is 0.963 bits per heavy atom. The van der Waals surface area contributed by atoms with Gasteiger partial charge < -0.3 is 15.4 Å². The summed E-state index contributed by atoms with van der Waals surface area (Å²) in [5.41, 5.74) is 1.86. The van der Waals surface area contributed by atoms with E-state index in [1.165, 1.54) is 0 Å². The number of carbonyl (C=O) groups excluding carboxylic acids is 1. The summed E-state index contributed by atoms with van der Waals surface area (Å²) < 4.78 is 5.64. The Bertz CT molecular complexity index is 909. The molecule has 3 rings (SSSR count). The van der Waals surface area contributed by atoms with Gasteiger partial charge in [0.05, 0.1) is 6.10 Å². The van der Waals surface area contributed by atoms with Crippen molar-refractivity contribution in [1.82, 2.24) is 9.97 Å². The molecule has 1 heterocycles. The molecule has 0 spiro atoms. The van der Waals surface area contributed by atoms with Crippen LogP contribution in [0.15, 0.2) is 60.7 Å². The van der Waals surface area contributed by atoms with E-state index < -0.39 is 0 Å². The third-order valence-electron chi connectivity index (χ3n) is 3.60. The van der Waals surface area contributed by atoms with Crippen molar-refractivity contribution in [2.24, 2.45) is 0 Å². The van der Waals surface area contributed by atoms with Crippen molar-refractivity contribution < 1.29 is 9.53 Å². The maximum absolute atomic E-state index is 12.5. The number of nitrogens with zero attached hydrogens (tertiary/aromatic N) is 2. The number of rotatable bonds is 6. The molecule has 2 aromatic carbocycles. The Morgan fingerprint density at radius 2 is 1.67 bits per heavy atom. The lowest BCUT2D eigenvalue weighted by Gasteiger charge is -2.12. The standard InChI is InChI=1S/C21H22N4O2/c1-14(2)27-18-11-9-17(10-12-18)24-20-13-19(22-15(3)23-20)21(26)25-16-7-5-4-6-8-16/h4-14H,1-3H3,(H,25,26)(H,22,23,24). The molecule has 3 aromatic rings. The van der Waals surface area contributed by atoms with Gasteiger partial charge in [0, 0.05) is 17.4 Å². The predicted octanol–water partition coefficient (Wildman–Crippen LogP) is 4.57. The molecule has 0 radical (unpaired) electrons. The number of anilines is 3. The van der Waals surface area contributed by atoms with E-state index in [-0.39, 0.29) is 12.0 Å². The molecular formula is C21H22N4O2. The molecule has 2 N–H and O–H groups in total. The van der Waals surface area contributed by atoms with Gasteiger partial charge in [0.2, 0.25) is 0 Å². The SMILES string of the molecule is Cc1nc(Nc2ccc(OC(C)C)cc2)cc(C(=O)Nc2ccccc2)n1. The molecule has 0 saturated heterocycles. The molecule has 0 aliphatic rings. The van der Waals surface area contributed by atoms with Crippen LogP contribution in [-0.4, -0.2) is 22.0 Å². The second-order valence-corrected chi connectivity index (χ2v) is 6.32. The Hall–Kier alpha value is -3.41. The molecule has 6 nitrogen and oxygen atoms in total. The summed E-state index contributed by atoms with van der Waals surface area (Å²) in [6, 6.07) is 18.5. The van der Waals surface area contributed by atoms with Crippen LogP contribution in [0.4, 0.5) is 17.2 Å². The molecule has 0 aliphatic carbocycles. The second-order valence-electron chi connectivity index (χ2n) is 6.32. The van der Waals surface area contributed by atoms with Gasteiger partial charge in [0.1, 0.15) is 23.1 Å². The van der Waals surface area contributed by atoms with Gasteiger partial charge >= 0.3 is 0 Å². The monoisotopic (exact) mass is 362 g/mol. The highest BCUT2D eigenvalue weighted by Crippen LogP contribution is 2.20. The molecule has 0 fully saturated rings. The van der Waals surface area contributed by atoms with Crippen LogP contribution in [0, 0.1) is 6.92 Å². The van der Waals surface area contributed by atoms with Crippen molar-refractivity contribution >= 4 is 23.1 Å². The molecule has 0 unspecified atom stereocenters. The van der Waals surface area contributed by atoms with E-state index in [1.807, 2.05) is 68.4 Å². The molecule has 27 heavy (non-hydrogen) atoms. The third kappa shape index (κ3) is 5.28. The van der Waals surface area contributed by atoms with Crippen molar-refractivity contribution in [3.63, 3.8) is 0 Å². The van der Waals surface area contributed by atoms with E-state index in [0.717, 1.165) is 11.4 Å². The van der Waals surface area contributed by atoms with Crippen molar-refractivity contribution in [2.75, 3.05) is 10.6 Å². The molecule has 6 heteroatoms. The molecule has 0 atom stereocenters. The number of hydrogen-bond acceptors (Lipinski definition) is 5. The summed E-state index contributed by atoms with van der Waals surface area (Å²) in [4.78, 5) is 21.1. The van der Waals surface area contributed by atoms with Gasteiger partial charge in [-0.15, -0.1) is 0 Å². The second kappa shape index (κ2) is 8.31.